The monoisotopic (exact) mass is 196 g/mol. The van der Waals surface area contributed by atoms with Crippen LogP contribution >= 0.6 is 0 Å². The van der Waals surface area contributed by atoms with Gasteiger partial charge in [0.1, 0.15) is 11.6 Å². The van der Waals surface area contributed by atoms with E-state index in [0.717, 1.165) is 12.8 Å². The molecular weight excluding hydrogens is 180 g/mol. The van der Waals surface area contributed by atoms with Crippen molar-refractivity contribution < 1.29 is 9.59 Å². The molecule has 2 rings (SSSR count). The smallest absolute Gasteiger partial charge is 0.246 e. The molecule has 78 valence electrons. The zero-order chi connectivity index (χ0) is 10.5. The summed E-state index contributed by atoms with van der Waals surface area (Å²) < 4.78 is 0. The number of carbonyl (C=O) groups is 2. The van der Waals surface area contributed by atoms with Crippen LogP contribution in [0.2, 0.25) is 0 Å². The third-order valence-electron chi connectivity index (χ3n) is 3.58. The number of amides is 2. The van der Waals surface area contributed by atoms with Crippen molar-refractivity contribution in [3.63, 3.8) is 0 Å². The Bertz CT molecular complexity index is 298. The summed E-state index contributed by atoms with van der Waals surface area (Å²) in [5.74, 6) is 0.359. The molecule has 1 saturated carbocycles. The van der Waals surface area contributed by atoms with E-state index in [0.29, 0.717) is 5.92 Å². The van der Waals surface area contributed by atoms with E-state index in [-0.39, 0.29) is 17.9 Å². The number of hydrogen-bond donors (Lipinski definition) is 1. The van der Waals surface area contributed by atoms with E-state index >= 15 is 0 Å². The molecule has 14 heavy (non-hydrogen) atoms. The zero-order valence-corrected chi connectivity index (χ0v) is 8.83. The van der Waals surface area contributed by atoms with E-state index in [2.05, 4.69) is 5.32 Å². The van der Waals surface area contributed by atoms with Gasteiger partial charge < -0.3 is 10.2 Å². The summed E-state index contributed by atoms with van der Waals surface area (Å²) in [6.07, 6.45) is 2.10. The summed E-state index contributed by atoms with van der Waals surface area (Å²) in [4.78, 5) is 25.2. The van der Waals surface area contributed by atoms with Gasteiger partial charge in [-0.1, -0.05) is 0 Å². The molecule has 4 nitrogen and oxygen atoms in total. The Balaban J connectivity index is 2.31. The van der Waals surface area contributed by atoms with Crippen LogP contribution in [0.3, 0.4) is 0 Å². The molecule has 1 aliphatic carbocycles. The first-order valence-electron chi connectivity index (χ1n) is 5.06. The first-order chi connectivity index (χ1) is 6.48. The molecule has 2 fully saturated rings. The molecule has 2 amide bonds. The number of carbonyl (C=O) groups excluding carboxylic acids is 2. The molecule has 0 aromatic carbocycles. The lowest BCUT2D eigenvalue weighted by Crippen LogP contribution is -2.68. The average molecular weight is 196 g/mol. The Hall–Kier alpha value is -1.06. The normalized spacial score (nSPS) is 38.5. The van der Waals surface area contributed by atoms with Crippen LogP contribution in [0.4, 0.5) is 0 Å². The lowest BCUT2D eigenvalue weighted by atomic mass is 9.89. The Morgan fingerprint density at radius 2 is 2.00 bits per heavy atom. The summed E-state index contributed by atoms with van der Waals surface area (Å²) in [5, 5.41) is 2.74. The molecule has 0 spiro atoms. The summed E-state index contributed by atoms with van der Waals surface area (Å²) >= 11 is 0. The zero-order valence-electron chi connectivity index (χ0n) is 8.83. The molecule has 1 heterocycles. The lowest BCUT2D eigenvalue weighted by molar-refractivity contribution is -0.155. The minimum Gasteiger partial charge on any atom is -0.343 e. The third kappa shape index (κ3) is 1.06. The van der Waals surface area contributed by atoms with Gasteiger partial charge in [0, 0.05) is 7.05 Å². The molecule has 1 aliphatic heterocycles. The highest BCUT2D eigenvalue weighted by atomic mass is 16.2. The number of likely N-dealkylation sites (N-methyl/N-ethyl adjacent to an activating group) is 1. The second kappa shape index (κ2) is 2.72. The fourth-order valence-electron chi connectivity index (χ4n) is 2.18. The van der Waals surface area contributed by atoms with Crippen molar-refractivity contribution in [1.29, 1.82) is 0 Å². The SMILES string of the molecule is CC1NC(=O)C(C)(C2CC2)N(C)C1=O. The van der Waals surface area contributed by atoms with Crippen molar-refractivity contribution in [3.8, 4) is 0 Å². The minimum absolute atomic E-state index is 0.00500. The fraction of sp³-hybridized carbons (Fsp3) is 0.800. The van der Waals surface area contributed by atoms with Crippen LogP contribution in [0.25, 0.3) is 0 Å². The van der Waals surface area contributed by atoms with Crippen molar-refractivity contribution in [2.45, 2.75) is 38.3 Å². The van der Waals surface area contributed by atoms with Crippen molar-refractivity contribution >= 4 is 11.8 Å². The Labute approximate surface area is 83.6 Å². The van der Waals surface area contributed by atoms with Gasteiger partial charge in [0.2, 0.25) is 11.8 Å². The number of rotatable bonds is 1. The first-order valence-corrected chi connectivity index (χ1v) is 5.06. The van der Waals surface area contributed by atoms with E-state index in [1.807, 2.05) is 6.92 Å². The molecule has 2 aliphatic rings. The quantitative estimate of drug-likeness (QED) is 0.648. The number of hydrogen-bond acceptors (Lipinski definition) is 2. The molecule has 0 aromatic rings. The topological polar surface area (TPSA) is 49.4 Å². The predicted molar refractivity (Wildman–Crippen MR) is 51.5 cm³/mol. The average Bonchev–Trinajstić information content (AvgIpc) is 2.95. The minimum atomic E-state index is -0.608. The highest BCUT2D eigenvalue weighted by molar-refractivity contribution is 5.99. The maximum atomic E-state index is 11.9. The van der Waals surface area contributed by atoms with Gasteiger partial charge in [-0.2, -0.15) is 0 Å². The lowest BCUT2D eigenvalue weighted by Gasteiger charge is -2.43. The standard InChI is InChI=1S/C10H16N2O2/c1-6-8(13)12(3)10(2,7-4-5-7)9(14)11-6/h6-7H,4-5H2,1-3H3,(H,11,14). The fourth-order valence-corrected chi connectivity index (χ4v) is 2.18. The maximum absolute atomic E-state index is 11.9. The summed E-state index contributed by atoms with van der Waals surface area (Å²) in [5.41, 5.74) is -0.608. The van der Waals surface area contributed by atoms with Crippen molar-refractivity contribution in [3.05, 3.63) is 0 Å². The molecule has 0 radical (unpaired) electrons. The molecule has 0 bridgehead atoms. The highest BCUT2D eigenvalue weighted by Gasteiger charge is 2.54. The Kier molecular flexibility index (Phi) is 1.84. The van der Waals surface area contributed by atoms with Crippen LogP contribution in [0.15, 0.2) is 0 Å². The molecule has 2 atom stereocenters. The van der Waals surface area contributed by atoms with Gasteiger partial charge in [0.05, 0.1) is 0 Å². The van der Waals surface area contributed by atoms with Gasteiger partial charge in [0.15, 0.2) is 0 Å². The second-order valence-corrected chi connectivity index (χ2v) is 4.51. The third-order valence-corrected chi connectivity index (χ3v) is 3.58. The van der Waals surface area contributed by atoms with Crippen LogP contribution in [0, 0.1) is 5.92 Å². The van der Waals surface area contributed by atoms with Crippen LogP contribution in [-0.2, 0) is 9.59 Å². The number of piperazine rings is 1. The summed E-state index contributed by atoms with van der Waals surface area (Å²) in [6, 6.07) is -0.376. The van der Waals surface area contributed by atoms with Gasteiger partial charge >= 0.3 is 0 Å². The molecule has 1 saturated heterocycles. The van der Waals surface area contributed by atoms with Gasteiger partial charge in [-0.25, -0.2) is 0 Å². The predicted octanol–water partition coefficient (Wildman–Crippen LogP) is 0.132. The summed E-state index contributed by atoms with van der Waals surface area (Å²) in [7, 11) is 1.73. The van der Waals surface area contributed by atoms with Crippen LogP contribution < -0.4 is 5.32 Å². The molecule has 1 N–H and O–H groups in total. The van der Waals surface area contributed by atoms with E-state index in [9.17, 15) is 9.59 Å². The van der Waals surface area contributed by atoms with Gasteiger partial charge in [-0.3, -0.25) is 9.59 Å². The highest BCUT2D eigenvalue weighted by Crippen LogP contribution is 2.44. The van der Waals surface area contributed by atoms with Gasteiger partial charge in [0.25, 0.3) is 0 Å². The molecular formula is C10H16N2O2. The summed E-state index contributed by atoms with van der Waals surface area (Å²) in [6.45, 7) is 3.59. The van der Waals surface area contributed by atoms with Crippen molar-refractivity contribution in [1.82, 2.24) is 10.2 Å². The number of nitrogens with one attached hydrogen (secondary N) is 1. The van der Waals surface area contributed by atoms with Crippen LogP contribution in [0.5, 0.6) is 0 Å². The van der Waals surface area contributed by atoms with Crippen molar-refractivity contribution in [2.24, 2.45) is 5.92 Å². The second-order valence-electron chi connectivity index (χ2n) is 4.51. The van der Waals surface area contributed by atoms with Gasteiger partial charge in [-0.15, -0.1) is 0 Å². The molecule has 4 heteroatoms. The van der Waals surface area contributed by atoms with E-state index in [4.69, 9.17) is 0 Å². The van der Waals surface area contributed by atoms with Crippen LogP contribution in [-0.4, -0.2) is 35.3 Å². The molecule has 0 aromatic heterocycles. The largest absolute Gasteiger partial charge is 0.343 e. The Morgan fingerprint density at radius 1 is 1.43 bits per heavy atom. The van der Waals surface area contributed by atoms with Crippen molar-refractivity contribution in [2.75, 3.05) is 7.05 Å². The Morgan fingerprint density at radius 3 is 2.50 bits per heavy atom. The van der Waals surface area contributed by atoms with E-state index in [1.165, 1.54) is 0 Å². The van der Waals surface area contributed by atoms with Crippen LogP contribution in [0.1, 0.15) is 26.7 Å². The first kappa shape index (κ1) is 9.49. The van der Waals surface area contributed by atoms with E-state index in [1.54, 1.807) is 18.9 Å². The van der Waals surface area contributed by atoms with E-state index < -0.39 is 5.54 Å². The maximum Gasteiger partial charge on any atom is 0.246 e. The van der Waals surface area contributed by atoms with Gasteiger partial charge in [-0.05, 0) is 32.6 Å². The number of nitrogens with zero attached hydrogens (tertiary/aromatic N) is 1. The molecule has 2 unspecified atom stereocenters.